The van der Waals surface area contributed by atoms with Crippen LogP contribution in [0.15, 0.2) is 243 Å². The Balaban J connectivity index is 1.02. The molecule has 1 atom stereocenters. The smallest absolute Gasteiger partial charge is 0.0726 e. The Morgan fingerprint density at radius 2 is 0.915 bits per heavy atom. The van der Waals surface area contributed by atoms with Gasteiger partial charge in [-0.05, 0) is 142 Å². The molecule has 1 unspecified atom stereocenters. The maximum atomic E-state index is 2.66. The van der Waals surface area contributed by atoms with E-state index in [-0.39, 0.29) is 0 Å². The Bertz CT molecular complexity index is 4210. The van der Waals surface area contributed by atoms with Gasteiger partial charge in [-0.2, -0.15) is 0 Å². The van der Waals surface area contributed by atoms with E-state index >= 15 is 0 Å². The van der Waals surface area contributed by atoms with Gasteiger partial charge in [0.2, 0.25) is 0 Å². The van der Waals surface area contributed by atoms with Crippen molar-refractivity contribution in [1.82, 2.24) is 9.13 Å². The van der Waals surface area contributed by atoms with Gasteiger partial charge in [-0.25, -0.2) is 0 Å². The molecule has 0 radical (unpaired) electrons. The second kappa shape index (κ2) is 15.0. The topological polar surface area (TPSA) is 13.1 Å². The molecule has 2 heterocycles. The van der Waals surface area contributed by atoms with Gasteiger partial charge in [0.1, 0.15) is 0 Å². The fraction of sp³-hybridized carbons (Fsp3) is 0.0588. The molecule has 0 N–H and O–H groups in total. The molecule has 0 aliphatic heterocycles. The second-order valence-corrected chi connectivity index (χ2v) is 19.8. The molecule has 10 aromatic carbocycles. The van der Waals surface area contributed by atoms with E-state index in [4.69, 9.17) is 0 Å². The molecule has 0 saturated carbocycles. The number of para-hydroxylation sites is 3. The highest BCUT2D eigenvalue weighted by atomic mass is 15.2. The van der Waals surface area contributed by atoms with Gasteiger partial charge in [0.15, 0.2) is 0 Å². The summed E-state index contributed by atoms with van der Waals surface area (Å²) >= 11 is 0. The molecule has 0 fully saturated rings. The molecule has 12 aromatic rings. The summed E-state index contributed by atoms with van der Waals surface area (Å²) in [6.45, 7) is 2.44. The zero-order valence-corrected chi connectivity index (χ0v) is 39.3. The minimum Gasteiger partial charge on any atom is -0.332 e. The highest BCUT2D eigenvalue weighted by molar-refractivity contribution is 6.11. The van der Waals surface area contributed by atoms with E-state index in [1.165, 1.54) is 98.9 Å². The van der Waals surface area contributed by atoms with Crippen LogP contribution < -0.4 is 15.5 Å². The Morgan fingerprint density at radius 3 is 1.59 bits per heavy atom. The summed E-state index contributed by atoms with van der Waals surface area (Å²) in [5.74, 6) is 0. The lowest BCUT2D eigenvalue weighted by atomic mass is 9.70. The summed E-state index contributed by atoms with van der Waals surface area (Å²) in [5.41, 5.74) is 20.2. The van der Waals surface area contributed by atoms with Crippen LogP contribution in [0.3, 0.4) is 0 Å². The highest BCUT2D eigenvalue weighted by Gasteiger charge is 2.52. The minimum absolute atomic E-state index is 0.475. The third kappa shape index (κ3) is 5.60. The number of hydrogen-bond acceptors (Lipinski definition) is 1. The SMILES string of the molecule is CC1(N(c2ccc3c(c2)C2(c4ccccc4-c4ccccc42)c2ccccc2-3)c2ccc3c4cc(-c5ccccc5)ccc4n(-c4ccccc4)c3c2)C=c2c(c3ccccc3n2-c2ccccc2)=CC1. The van der Waals surface area contributed by atoms with E-state index in [1.807, 2.05) is 0 Å². The Kier molecular flexibility index (Phi) is 8.48. The number of hydrogen-bond donors (Lipinski definition) is 0. The van der Waals surface area contributed by atoms with E-state index in [2.05, 4.69) is 276 Å². The van der Waals surface area contributed by atoms with E-state index in [0.29, 0.717) is 0 Å². The third-order valence-corrected chi connectivity index (χ3v) is 16.0. The van der Waals surface area contributed by atoms with Crippen molar-refractivity contribution in [2.24, 2.45) is 0 Å². The Labute approximate surface area is 412 Å². The van der Waals surface area contributed by atoms with Crippen LogP contribution in [0.1, 0.15) is 35.6 Å². The standard InChI is InChI=1S/C68H47N3/c1-67(40-39-57-55-28-14-18-32-63(55)70(66(57)44-67)48-23-9-4-10-24-48)71(50-35-37-56-58-41-46(45-19-5-2-6-20-45)33-38-64(58)69(65(56)43-50)47-21-7-3-8-22-47)49-34-36-54-53-27-13-17-31-61(53)68(62(54)42-49)59-29-15-11-25-51(59)52-26-12-16-30-60(52)68/h2-39,41-44H,40H2,1H3. The molecule has 1 spiro atoms. The zero-order chi connectivity index (χ0) is 46.8. The summed E-state index contributed by atoms with van der Waals surface area (Å²) in [5, 5.41) is 6.24. The first kappa shape index (κ1) is 40.0. The molecule has 71 heavy (non-hydrogen) atoms. The van der Waals surface area contributed by atoms with Gasteiger partial charge in [0.25, 0.3) is 0 Å². The zero-order valence-electron chi connectivity index (χ0n) is 39.3. The average molecular weight is 906 g/mol. The first-order valence-electron chi connectivity index (χ1n) is 24.9. The van der Waals surface area contributed by atoms with Crippen molar-refractivity contribution in [1.29, 1.82) is 0 Å². The first-order valence-corrected chi connectivity index (χ1v) is 24.9. The quantitative estimate of drug-likeness (QED) is 0.162. The van der Waals surface area contributed by atoms with E-state index in [9.17, 15) is 0 Å². The van der Waals surface area contributed by atoms with Crippen LogP contribution in [-0.2, 0) is 5.41 Å². The van der Waals surface area contributed by atoms with Crippen molar-refractivity contribution in [3.05, 3.63) is 275 Å². The van der Waals surface area contributed by atoms with Gasteiger partial charge < -0.3 is 14.0 Å². The molecule has 0 bridgehead atoms. The van der Waals surface area contributed by atoms with Gasteiger partial charge >= 0.3 is 0 Å². The largest absolute Gasteiger partial charge is 0.332 e. The number of fused-ring (bicyclic) bond motifs is 16. The Morgan fingerprint density at radius 1 is 0.380 bits per heavy atom. The van der Waals surface area contributed by atoms with Crippen LogP contribution in [0.4, 0.5) is 11.4 Å². The van der Waals surface area contributed by atoms with Crippen LogP contribution in [0.25, 0.3) is 89.6 Å². The summed E-state index contributed by atoms with van der Waals surface area (Å²) in [7, 11) is 0. The molecular weight excluding hydrogens is 859 g/mol. The number of aromatic nitrogens is 2. The van der Waals surface area contributed by atoms with Gasteiger partial charge in [-0.1, -0.05) is 182 Å². The molecule has 0 saturated heterocycles. The van der Waals surface area contributed by atoms with Crippen molar-refractivity contribution < 1.29 is 0 Å². The van der Waals surface area contributed by atoms with Gasteiger partial charge in [-0.3, -0.25) is 0 Å². The maximum Gasteiger partial charge on any atom is 0.0726 e. The number of rotatable bonds is 6. The minimum atomic E-state index is -0.510. The predicted molar refractivity (Wildman–Crippen MR) is 296 cm³/mol. The summed E-state index contributed by atoms with van der Waals surface area (Å²) in [4.78, 5) is 2.66. The lowest BCUT2D eigenvalue weighted by molar-refractivity contribution is 0.613. The van der Waals surface area contributed by atoms with E-state index < -0.39 is 11.0 Å². The van der Waals surface area contributed by atoms with Crippen LogP contribution in [0.2, 0.25) is 0 Å². The molecule has 3 aliphatic rings. The molecule has 15 rings (SSSR count). The van der Waals surface area contributed by atoms with Crippen LogP contribution in [-0.4, -0.2) is 14.7 Å². The molecule has 3 heteroatoms. The van der Waals surface area contributed by atoms with Gasteiger partial charge in [0.05, 0.1) is 32.9 Å². The van der Waals surface area contributed by atoms with Crippen molar-refractivity contribution in [3.63, 3.8) is 0 Å². The van der Waals surface area contributed by atoms with E-state index in [1.54, 1.807) is 0 Å². The first-order chi connectivity index (χ1) is 35.1. The number of anilines is 2. The number of nitrogens with zero attached hydrogens (tertiary/aromatic N) is 3. The van der Waals surface area contributed by atoms with E-state index in [0.717, 1.165) is 29.2 Å². The second-order valence-electron chi connectivity index (χ2n) is 19.8. The van der Waals surface area contributed by atoms with Gasteiger partial charge in [0, 0.05) is 44.1 Å². The fourth-order valence-corrected chi connectivity index (χ4v) is 13.1. The lowest BCUT2D eigenvalue weighted by Gasteiger charge is -2.42. The van der Waals surface area contributed by atoms with Crippen molar-refractivity contribution in [2.75, 3.05) is 4.90 Å². The maximum absolute atomic E-state index is 2.66. The summed E-state index contributed by atoms with van der Waals surface area (Å²) in [6.07, 6.45) is 5.87. The third-order valence-electron chi connectivity index (χ3n) is 16.0. The molecule has 3 aliphatic carbocycles. The predicted octanol–water partition coefficient (Wildman–Crippen LogP) is 15.3. The average Bonchev–Trinajstić information content (AvgIpc) is 4.13. The molecule has 0 amide bonds. The molecule has 334 valence electrons. The molecular formula is C68H47N3. The summed E-state index contributed by atoms with van der Waals surface area (Å²) in [6, 6.07) is 90.3. The fourth-order valence-electron chi connectivity index (χ4n) is 13.1. The van der Waals surface area contributed by atoms with Crippen LogP contribution in [0.5, 0.6) is 0 Å². The molecule has 3 nitrogen and oxygen atoms in total. The molecule has 2 aromatic heterocycles. The van der Waals surface area contributed by atoms with Crippen LogP contribution >= 0.6 is 0 Å². The van der Waals surface area contributed by atoms with Crippen molar-refractivity contribution in [2.45, 2.75) is 24.3 Å². The normalized spacial score (nSPS) is 15.7. The Hall–Kier alpha value is -8.92. The lowest BCUT2D eigenvalue weighted by Crippen LogP contribution is -2.48. The van der Waals surface area contributed by atoms with Crippen LogP contribution in [0, 0.1) is 0 Å². The highest BCUT2D eigenvalue weighted by Crippen LogP contribution is 2.63. The monoisotopic (exact) mass is 905 g/mol. The van der Waals surface area contributed by atoms with Crippen molar-refractivity contribution in [3.8, 4) is 44.8 Å². The number of benzene rings is 10. The summed E-state index contributed by atoms with van der Waals surface area (Å²) < 4.78 is 4.94. The van der Waals surface area contributed by atoms with Crippen molar-refractivity contribution >= 4 is 56.2 Å². The van der Waals surface area contributed by atoms with Gasteiger partial charge in [-0.15, -0.1) is 0 Å².